The van der Waals surface area contributed by atoms with E-state index < -0.39 is 6.10 Å². The molecule has 1 N–H and O–H groups in total. The van der Waals surface area contributed by atoms with Crippen molar-refractivity contribution in [3.63, 3.8) is 0 Å². The molecule has 0 radical (unpaired) electrons. The Balaban J connectivity index is 0.000000322. The molecule has 2 rings (SSSR count). The van der Waals surface area contributed by atoms with Gasteiger partial charge < -0.3 is 9.84 Å². The SMILES string of the molecule is CC(C)OC(C)C.O=C(c1ccccc1)C(O)c1ccccc1. The zero-order chi connectivity index (χ0) is 17.2. The first-order valence-electron chi connectivity index (χ1n) is 7.89. The smallest absolute Gasteiger partial charge is 0.195 e. The van der Waals surface area contributed by atoms with Gasteiger partial charge in [-0.05, 0) is 33.3 Å². The number of hydrogen-bond donors (Lipinski definition) is 1. The van der Waals surface area contributed by atoms with Crippen LogP contribution in [0.15, 0.2) is 60.7 Å². The quantitative estimate of drug-likeness (QED) is 0.831. The first-order chi connectivity index (χ1) is 10.9. The average Bonchev–Trinajstić information content (AvgIpc) is 2.54. The summed E-state index contributed by atoms with van der Waals surface area (Å²) in [6, 6.07) is 17.7. The molecule has 2 aromatic rings. The molecule has 1 atom stereocenters. The summed E-state index contributed by atoms with van der Waals surface area (Å²) in [4.78, 5) is 11.9. The lowest BCUT2D eigenvalue weighted by Gasteiger charge is -2.09. The molecule has 0 aliphatic carbocycles. The minimum absolute atomic E-state index is 0.271. The minimum Gasteiger partial charge on any atom is -0.380 e. The van der Waals surface area contributed by atoms with Crippen LogP contribution in [0.4, 0.5) is 0 Å². The fraction of sp³-hybridized carbons (Fsp3) is 0.350. The summed E-state index contributed by atoms with van der Waals surface area (Å²) in [5, 5.41) is 9.89. The van der Waals surface area contributed by atoms with Crippen LogP contribution < -0.4 is 0 Å². The zero-order valence-corrected chi connectivity index (χ0v) is 14.3. The van der Waals surface area contributed by atoms with E-state index in [2.05, 4.69) is 0 Å². The van der Waals surface area contributed by atoms with Gasteiger partial charge in [0.2, 0.25) is 0 Å². The third kappa shape index (κ3) is 7.22. The van der Waals surface area contributed by atoms with Crippen molar-refractivity contribution in [2.45, 2.75) is 46.0 Å². The Morgan fingerprint density at radius 1 is 0.826 bits per heavy atom. The second-order valence-electron chi connectivity index (χ2n) is 5.78. The van der Waals surface area contributed by atoms with Gasteiger partial charge >= 0.3 is 0 Å². The third-order valence-electron chi connectivity index (χ3n) is 2.97. The van der Waals surface area contributed by atoms with E-state index in [4.69, 9.17) is 4.74 Å². The van der Waals surface area contributed by atoms with Crippen LogP contribution in [0.2, 0.25) is 0 Å². The molecular formula is C20H26O3. The van der Waals surface area contributed by atoms with E-state index in [9.17, 15) is 9.90 Å². The molecule has 23 heavy (non-hydrogen) atoms. The minimum atomic E-state index is -1.08. The Kier molecular flexibility index (Phi) is 8.23. The highest BCUT2D eigenvalue weighted by Gasteiger charge is 2.18. The molecule has 0 bridgehead atoms. The Morgan fingerprint density at radius 3 is 1.65 bits per heavy atom. The molecular weight excluding hydrogens is 288 g/mol. The predicted molar refractivity (Wildman–Crippen MR) is 93.5 cm³/mol. The van der Waals surface area contributed by atoms with E-state index in [1.54, 1.807) is 48.5 Å². The van der Waals surface area contributed by atoms with Crippen molar-refractivity contribution < 1.29 is 14.6 Å². The lowest BCUT2D eigenvalue weighted by Crippen LogP contribution is -2.11. The standard InChI is InChI=1S/C14H12O2.C6H14O/c15-13(11-7-3-1-4-8-11)14(16)12-9-5-2-6-10-12;1-5(2)7-6(3)4/h1-10,13,15H;5-6H,1-4H3. The zero-order valence-electron chi connectivity index (χ0n) is 14.3. The van der Waals surface area contributed by atoms with Crippen molar-refractivity contribution in [1.82, 2.24) is 0 Å². The molecule has 0 saturated carbocycles. The molecule has 3 nitrogen and oxygen atoms in total. The van der Waals surface area contributed by atoms with Crippen LogP contribution in [0.3, 0.4) is 0 Å². The Bertz CT molecular complexity index is 556. The van der Waals surface area contributed by atoms with Gasteiger partial charge in [-0.1, -0.05) is 60.7 Å². The number of benzene rings is 2. The maximum Gasteiger partial charge on any atom is 0.195 e. The van der Waals surface area contributed by atoms with Gasteiger partial charge in [-0.3, -0.25) is 4.79 Å². The third-order valence-corrected chi connectivity index (χ3v) is 2.97. The number of rotatable bonds is 5. The molecule has 3 heteroatoms. The van der Waals surface area contributed by atoms with Gasteiger partial charge in [0.15, 0.2) is 5.78 Å². The fourth-order valence-corrected chi connectivity index (χ4v) is 2.09. The summed E-state index contributed by atoms with van der Waals surface area (Å²) in [7, 11) is 0. The first kappa shape index (κ1) is 19.1. The molecule has 124 valence electrons. The predicted octanol–water partition coefficient (Wildman–Crippen LogP) is 4.42. The van der Waals surface area contributed by atoms with E-state index in [0.717, 1.165) is 0 Å². The van der Waals surface area contributed by atoms with Gasteiger partial charge in [0.1, 0.15) is 6.10 Å². The van der Waals surface area contributed by atoms with Crippen molar-refractivity contribution in [1.29, 1.82) is 0 Å². The molecule has 0 amide bonds. The molecule has 1 unspecified atom stereocenters. The van der Waals surface area contributed by atoms with Crippen molar-refractivity contribution in [3.8, 4) is 0 Å². The van der Waals surface area contributed by atoms with Gasteiger partial charge in [-0.2, -0.15) is 0 Å². The molecule has 0 saturated heterocycles. The number of ether oxygens (including phenoxy) is 1. The average molecular weight is 314 g/mol. The van der Waals surface area contributed by atoms with Gasteiger partial charge in [0, 0.05) is 5.56 Å². The van der Waals surface area contributed by atoms with Crippen LogP contribution >= 0.6 is 0 Å². The maximum absolute atomic E-state index is 11.9. The summed E-state index contributed by atoms with van der Waals surface area (Å²) in [5.41, 5.74) is 1.15. The normalized spacial score (nSPS) is 11.8. The topological polar surface area (TPSA) is 46.5 Å². The van der Waals surface area contributed by atoms with E-state index in [0.29, 0.717) is 23.3 Å². The highest BCUT2D eigenvalue weighted by Crippen LogP contribution is 2.17. The van der Waals surface area contributed by atoms with Crippen molar-refractivity contribution in [3.05, 3.63) is 71.8 Å². The lowest BCUT2D eigenvalue weighted by molar-refractivity contribution is 0.0300. The van der Waals surface area contributed by atoms with E-state index in [1.165, 1.54) is 0 Å². The van der Waals surface area contributed by atoms with Gasteiger partial charge in [-0.15, -0.1) is 0 Å². The second kappa shape index (κ2) is 9.93. The number of Topliss-reactive ketones (excluding diaryl/α,β-unsaturated/α-hetero) is 1. The Morgan fingerprint density at radius 2 is 1.26 bits per heavy atom. The fourth-order valence-electron chi connectivity index (χ4n) is 2.09. The lowest BCUT2D eigenvalue weighted by atomic mass is 10.0. The largest absolute Gasteiger partial charge is 0.380 e. The van der Waals surface area contributed by atoms with E-state index >= 15 is 0 Å². The Labute approximate surface area is 138 Å². The van der Waals surface area contributed by atoms with Gasteiger partial charge in [-0.25, -0.2) is 0 Å². The van der Waals surface area contributed by atoms with Crippen molar-refractivity contribution in [2.75, 3.05) is 0 Å². The highest BCUT2D eigenvalue weighted by molar-refractivity contribution is 5.99. The van der Waals surface area contributed by atoms with Crippen molar-refractivity contribution >= 4 is 5.78 Å². The highest BCUT2D eigenvalue weighted by atomic mass is 16.5. The van der Waals surface area contributed by atoms with Crippen LogP contribution in [-0.4, -0.2) is 23.1 Å². The second-order valence-corrected chi connectivity index (χ2v) is 5.78. The summed E-state index contributed by atoms with van der Waals surface area (Å²) in [6.07, 6.45) is -0.330. The molecule has 0 fully saturated rings. The molecule has 2 aromatic carbocycles. The van der Waals surface area contributed by atoms with Crippen LogP contribution in [-0.2, 0) is 4.74 Å². The van der Waals surface area contributed by atoms with Crippen LogP contribution in [0.1, 0.15) is 49.7 Å². The summed E-state index contributed by atoms with van der Waals surface area (Å²) in [6.45, 7) is 8.17. The monoisotopic (exact) mass is 314 g/mol. The van der Waals surface area contributed by atoms with Crippen LogP contribution in [0.5, 0.6) is 0 Å². The van der Waals surface area contributed by atoms with Crippen LogP contribution in [0.25, 0.3) is 0 Å². The summed E-state index contributed by atoms with van der Waals surface area (Å²) < 4.78 is 5.25. The molecule has 0 spiro atoms. The molecule has 0 aliphatic heterocycles. The number of carbonyl (C=O) groups excluding carboxylic acids is 1. The number of hydrogen-bond acceptors (Lipinski definition) is 3. The molecule has 0 aliphatic rings. The van der Waals surface area contributed by atoms with Gasteiger partial charge in [0.25, 0.3) is 0 Å². The Hall–Kier alpha value is -1.97. The summed E-state index contributed by atoms with van der Waals surface area (Å²) in [5.74, 6) is -0.271. The number of aliphatic hydroxyl groups excluding tert-OH is 1. The van der Waals surface area contributed by atoms with Gasteiger partial charge in [0.05, 0.1) is 12.2 Å². The molecule has 0 heterocycles. The summed E-state index contributed by atoms with van der Waals surface area (Å²) >= 11 is 0. The first-order valence-corrected chi connectivity index (χ1v) is 7.89. The number of ketones is 1. The van der Waals surface area contributed by atoms with Crippen LogP contribution in [0, 0.1) is 0 Å². The number of carbonyl (C=O) groups is 1. The number of aliphatic hydroxyl groups is 1. The maximum atomic E-state index is 11.9. The van der Waals surface area contributed by atoms with E-state index in [-0.39, 0.29) is 5.78 Å². The van der Waals surface area contributed by atoms with E-state index in [1.807, 2.05) is 39.8 Å². The van der Waals surface area contributed by atoms with Crippen molar-refractivity contribution in [2.24, 2.45) is 0 Å². The molecule has 0 aromatic heterocycles.